The van der Waals surface area contributed by atoms with Crippen molar-refractivity contribution in [1.82, 2.24) is 20.0 Å². The fraction of sp³-hybridized carbons (Fsp3) is 0. The molecule has 0 atom stereocenters. The van der Waals surface area contributed by atoms with Crippen molar-refractivity contribution in [3.05, 3.63) is 35.4 Å². The summed E-state index contributed by atoms with van der Waals surface area (Å²) in [4.78, 5) is 15.7. The quantitative estimate of drug-likeness (QED) is 0.824. The molecular formula is C8H5ClN4O2. The molecule has 2 rings (SSSR count). The van der Waals surface area contributed by atoms with Crippen molar-refractivity contribution in [1.29, 1.82) is 0 Å². The number of pyridine rings is 1. The van der Waals surface area contributed by atoms with E-state index in [1.165, 1.54) is 24.7 Å². The zero-order valence-corrected chi connectivity index (χ0v) is 8.09. The Kier molecular flexibility index (Phi) is 2.34. The average molecular weight is 225 g/mol. The molecular weight excluding hydrogens is 220 g/mol. The van der Waals surface area contributed by atoms with Gasteiger partial charge in [-0.05, 0) is 6.07 Å². The van der Waals surface area contributed by atoms with Crippen LogP contribution in [0.15, 0.2) is 24.7 Å². The van der Waals surface area contributed by atoms with Crippen molar-refractivity contribution >= 4 is 17.6 Å². The van der Waals surface area contributed by atoms with Crippen LogP contribution in [0.3, 0.4) is 0 Å². The van der Waals surface area contributed by atoms with E-state index in [-0.39, 0.29) is 11.4 Å². The molecule has 2 heterocycles. The van der Waals surface area contributed by atoms with E-state index < -0.39 is 5.97 Å². The summed E-state index contributed by atoms with van der Waals surface area (Å²) in [5.74, 6) is -1.15. The lowest BCUT2D eigenvalue weighted by Crippen LogP contribution is -2.09. The van der Waals surface area contributed by atoms with E-state index in [0.717, 1.165) is 4.80 Å². The lowest BCUT2D eigenvalue weighted by molar-refractivity contribution is 0.0690. The first-order valence-electron chi connectivity index (χ1n) is 3.94. The topological polar surface area (TPSA) is 80.9 Å². The third-order valence-corrected chi connectivity index (χ3v) is 1.88. The summed E-state index contributed by atoms with van der Waals surface area (Å²) in [5, 5.41) is 16.8. The Bertz CT molecular complexity index is 497. The maximum absolute atomic E-state index is 10.9. The predicted octanol–water partition coefficient (Wildman–Crippen LogP) is 1.01. The fourth-order valence-corrected chi connectivity index (χ4v) is 1.24. The molecule has 0 radical (unpaired) electrons. The molecule has 0 bridgehead atoms. The van der Waals surface area contributed by atoms with E-state index in [0.29, 0.717) is 5.02 Å². The number of hydrogen-bond donors (Lipinski definition) is 1. The van der Waals surface area contributed by atoms with Crippen LogP contribution in [0.25, 0.3) is 5.69 Å². The monoisotopic (exact) mass is 224 g/mol. The maximum atomic E-state index is 10.9. The van der Waals surface area contributed by atoms with Crippen LogP contribution < -0.4 is 0 Å². The number of aromatic carboxylic acids is 1. The van der Waals surface area contributed by atoms with Crippen molar-refractivity contribution in [2.24, 2.45) is 0 Å². The van der Waals surface area contributed by atoms with Crippen LogP contribution in [0.4, 0.5) is 0 Å². The van der Waals surface area contributed by atoms with Crippen LogP contribution in [0, 0.1) is 0 Å². The minimum Gasteiger partial charge on any atom is -0.476 e. The zero-order valence-electron chi connectivity index (χ0n) is 7.33. The Morgan fingerprint density at radius 3 is 2.67 bits per heavy atom. The summed E-state index contributed by atoms with van der Waals surface area (Å²) in [5.41, 5.74) is 0.0931. The molecule has 7 heteroatoms. The zero-order chi connectivity index (χ0) is 10.8. The van der Waals surface area contributed by atoms with Gasteiger partial charge < -0.3 is 5.11 Å². The van der Waals surface area contributed by atoms with Gasteiger partial charge in [0.15, 0.2) is 5.69 Å². The van der Waals surface area contributed by atoms with Gasteiger partial charge >= 0.3 is 5.97 Å². The van der Waals surface area contributed by atoms with Gasteiger partial charge in [0, 0.05) is 6.20 Å². The molecule has 15 heavy (non-hydrogen) atoms. The molecule has 0 fully saturated rings. The van der Waals surface area contributed by atoms with Crippen LogP contribution in [0.2, 0.25) is 5.02 Å². The van der Waals surface area contributed by atoms with Crippen LogP contribution >= 0.6 is 11.6 Å². The number of carboxylic acid groups (broad SMARTS) is 1. The van der Waals surface area contributed by atoms with Gasteiger partial charge in [-0.25, -0.2) is 9.78 Å². The van der Waals surface area contributed by atoms with Gasteiger partial charge in [-0.15, -0.1) is 4.80 Å². The molecule has 0 aliphatic rings. The van der Waals surface area contributed by atoms with Gasteiger partial charge in [0.25, 0.3) is 0 Å². The Balaban J connectivity index is 2.63. The number of rotatable bonds is 2. The summed E-state index contributed by atoms with van der Waals surface area (Å²) < 4.78 is 0. The van der Waals surface area contributed by atoms with Gasteiger partial charge in [0.2, 0.25) is 0 Å². The Labute approximate surface area is 89.1 Å². The van der Waals surface area contributed by atoms with Gasteiger partial charge in [-0.1, -0.05) is 11.6 Å². The molecule has 76 valence electrons. The molecule has 1 N–H and O–H groups in total. The number of hydrogen-bond acceptors (Lipinski definition) is 4. The number of halogens is 1. The lowest BCUT2D eigenvalue weighted by Gasteiger charge is -2.03. The van der Waals surface area contributed by atoms with E-state index in [4.69, 9.17) is 16.7 Å². The van der Waals surface area contributed by atoms with Crippen molar-refractivity contribution in [3.63, 3.8) is 0 Å². The van der Waals surface area contributed by atoms with Crippen molar-refractivity contribution in [3.8, 4) is 5.69 Å². The highest BCUT2D eigenvalue weighted by Crippen LogP contribution is 2.15. The first-order valence-corrected chi connectivity index (χ1v) is 4.32. The molecule has 0 spiro atoms. The third-order valence-electron chi connectivity index (χ3n) is 1.67. The van der Waals surface area contributed by atoms with Crippen molar-refractivity contribution < 1.29 is 9.90 Å². The van der Waals surface area contributed by atoms with Gasteiger partial charge in [0.1, 0.15) is 5.69 Å². The highest BCUT2D eigenvalue weighted by molar-refractivity contribution is 6.30. The second-order valence-corrected chi connectivity index (χ2v) is 3.08. The standard InChI is InChI=1S/C8H5ClN4O2/c9-5-3-6(13-11-1-2-12-13)7(8(14)15)10-4-5/h1-4H,(H,14,15). The second kappa shape index (κ2) is 3.66. The molecule has 0 saturated heterocycles. The average Bonchev–Trinajstić information content (AvgIpc) is 2.69. The molecule has 0 unspecified atom stereocenters. The van der Waals surface area contributed by atoms with E-state index >= 15 is 0 Å². The summed E-state index contributed by atoms with van der Waals surface area (Å²) >= 11 is 5.71. The van der Waals surface area contributed by atoms with Crippen molar-refractivity contribution in [2.45, 2.75) is 0 Å². The predicted molar refractivity (Wildman–Crippen MR) is 51.1 cm³/mol. The van der Waals surface area contributed by atoms with Crippen LogP contribution in [0.5, 0.6) is 0 Å². The molecule has 6 nitrogen and oxygen atoms in total. The third kappa shape index (κ3) is 1.79. The van der Waals surface area contributed by atoms with Crippen LogP contribution in [0.1, 0.15) is 10.5 Å². The molecule has 0 aliphatic heterocycles. The van der Waals surface area contributed by atoms with Gasteiger partial charge in [-0.2, -0.15) is 10.2 Å². The minimum atomic E-state index is -1.15. The molecule has 2 aromatic rings. The molecule has 2 aromatic heterocycles. The molecule has 0 aliphatic carbocycles. The van der Waals surface area contributed by atoms with Crippen LogP contribution in [-0.2, 0) is 0 Å². The number of nitrogens with zero attached hydrogens (tertiary/aromatic N) is 4. The highest BCUT2D eigenvalue weighted by atomic mass is 35.5. The SMILES string of the molecule is O=C(O)c1ncc(Cl)cc1-n1nccn1. The summed E-state index contributed by atoms with van der Waals surface area (Å²) in [6, 6.07) is 1.44. The largest absolute Gasteiger partial charge is 0.476 e. The lowest BCUT2D eigenvalue weighted by atomic mass is 10.3. The minimum absolute atomic E-state index is 0.143. The summed E-state index contributed by atoms with van der Waals surface area (Å²) in [6.07, 6.45) is 4.14. The first-order chi connectivity index (χ1) is 7.18. The van der Waals surface area contributed by atoms with Crippen molar-refractivity contribution in [2.75, 3.05) is 0 Å². The second-order valence-electron chi connectivity index (χ2n) is 2.64. The number of carbonyl (C=O) groups is 1. The normalized spacial score (nSPS) is 10.2. The van der Waals surface area contributed by atoms with E-state index in [2.05, 4.69) is 15.2 Å². The van der Waals surface area contributed by atoms with Crippen LogP contribution in [-0.4, -0.2) is 31.1 Å². The van der Waals surface area contributed by atoms with E-state index in [1.807, 2.05) is 0 Å². The molecule has 0 amide bonds. The van der Waals surface area contributed by atoms with Gasteiger partial charge in [0.05, 0.1) is 17.4 Å². The Hall–Kier alpha value is -1.95. The smallest absolute Gasteiger partial charge is 0.356 e. The number of carboxylic acids is 1. The summed E-state index contributed by atoms with van der Waals surface area (Å²) in [7, 11) is 0. The van der Waals surface area contributed by atoms with E-state index in [1.54, 1.807) is 0 Å². The molecule has 0 aromatic carbocycles. The maximum Gasteiger partial charge on any atom is 0.356 e. The molecule has 0 saturated carbocycles. The summed E-state index contributed by atoms with van der Waals surface area (Å²) in [6.45, 7) is 0. The highest BCUT2D eigenvalue weighted by Gasteiger charge is 2.14. The first kappa shape index (κ1) is 9.60. The Morgan fingerprint density at radius 1 is 1.40 bits per heavy atom. The van der Waals surface area contributed by atoms with Gasteiger partial charge in [-0.3, -0.25) is 0 Å². The number of aromatic nitrogens is 4. The van der Waals surface area contributed by atoms with E-state index in [9.17, 15) is 4.79 Å². The fourth-order valence-electron chi connectivity index (χ4n) is 1.09. The Morgan fingerprint density at radius 2 is 2.07 bits per heavy atom.